The molecule has 1 aromatic carbocycles. The minimum Gasteiger partial charge on any atom is -0.508 e. The Hall–Kier alpha value is -3.75. The maximum atomic E-state index is 12.9. The number of nitrogens with one attached hydrogen (secondary N) is 4. The molecule has 0 fully saturated rings. The van der Waals surface area contributed by atoms with E-state index in [0.29, 0.717) is 12.0 Å². The Balaban J connectivity index is 2.92. The molecule has 1 rings (SSSR count). The third-order valence-electron chi connectivity index (χ3n) is 5.86. The van der Waals surface area contributed by atoms with Gasteiger partial charge in [-0.2, -0.15) is 0 Å². The number of hydrogen-bond donors (Lipinski definition) is 9. The van der Waals surface area contributed by atoms with Gasteiger partial charge in [-0.15, -0.1) is 0 Å². The number of amides is 4. The minimum atomic E-state index is -1.55. The largest absolute Gasteiger partial charge is 0.508 e. The van der Waals surface area contributed by atoms with Gasteiger partial charge in [0.25, 0.3) is 0 Å². The SMILES string of the molecule is CC[C@H](C)[C@H](NC(=O)CNC(=O)[C@H](Cc1ccc(O)cc1)NC(=O)[C@@H](N)[C@@H](C)O)C(=O)N[C@@H](CO)C(=O)O. The molecule has 14 heteroatoms. The molecule has 0 bridgehead atoms. The van der Waals surface area contributed by atoms with Crippen LogP contribution in [0.3, 0.4) is 0 Å². The van der Waals surface area contributed by atoms with Gasteiger partial charge in [0.05, 0.1) is 19.3 Å². The molecule has 0 aliphatic heterocycles. The van der Waals surface area contributed by atoms with Crippen molar-refractivity contribution in [1.29, 1.82) is 0 Å². The van der Waals surface area contributed by atoms with Crippen molar-refractivity contribution in [3.63, 3.8) is 0 Å². The number of nitrogens with two attached hydrogens (primary N) is 1. The van der Waals surface area contributed by atoms with E-state index in [1.807, 2.05) is 0 Å². The number of aliphatic hydroxyl groups excluding tert-OH is 2. The highest BCUT2D eigenvalue weighted by atomic mass is 16.4. The van der Waals surface area contributed by atoms with Crippen molar-refractivity contribution in [2.24, 2.45) is 11.7 Å². The van der Waals surface area contributed by atoms with Crippen molar-refractivity contribution in [3.8, 4) is 5.75 Å². The fourth-order valence-electron chi connectivity index (χ4n) is 3.23. The van der Waals surface area contributed by atoms with E-state index in [2.05, 4.69) is 21.3 Å². The maximum Gasteiger partial charge on any atom is 0.328 e. The summed E-state index contributed by atoms with van der Waals surface area (Å²) in [5.74, 6) is -4.98. The molecule has 1 aromatic rings. The van der Waals surface area contributed by atoms with Crippen LogP contribution in [0.15, 0.2) is 24.3 Å². The predicted octanol–water partition coefficient (Wildman–Crippen LogP) is -2.66. The standard InChI is InChI=1S/C24H37N5O9/c1-4-12(2)20(23(36)28-17(11-30)24(37)38)29-18(33)10-26-21(34)16(27-22(35)19(25)13(3)31)9-14-5-7-15(32)8-6-14/h5-8,12-13,16-17,19-20,30-32H,4,9-11,25H2,1-3H3,(H,26,34)(H,27,35)(H,28,36)(H,29,33)(H,37,38)/t12-,13+,16-,17-,19-,20-/m0/s1. The average Bonchev–Trinajstić information content (AvgIpc) is 2.88. The van der Waals surface area contributed by atoms with Gasteiger partial charge < -0.3 is 47.4 Å². The van der Waals surface area contributed by atoms with Gasteiger partial charge in [0.2, 0.25) is 23.6 Å². The summed E-state index contributed by atoms with van der Waals surface area (Å²) in [5.41, 5.74) is 6.22. The molecule has 0 aromatic heterocycles. The third-order valence-corrected chi connectivity index (χ3v) is 5.86. The van der Waals surface area contributed by atoms with Crippen LogP contribution >= 0.6 is 0 Å². The van der Waals surface area contributed by atoms with Gasteiger partial charge in [-0.1, -0.05) is 32.4 Å². The third kappa shape index (κ3) is 10.3. The van der Waals surface area contributed by atoms with Gasteiger partial charge in [0.15, 0.2) is 0 Å². The Morgan fingerprint density at radius 2 is 1.50 bits per heavy atom. The number of phenolic OH excluding ortho intramolecular Hbond substituents is 1. The zero-order valence-corrected chi connectivity index (χ0v) is 21.5. The van der Waals surface area contributed by atoms with Gasteiger partial charge >= 0.3 is 5.97 Å². The van der Waals surface area contributed by atoms with Crippen LogP contribution in [0.2, 0.25) is 0 Å². The summed E-state index contributed by atoms with van der Waals surface area (Å²) in [6.07, 6.45) is -0.763. The van der Waals surface area contributed by atoms with E-state index < -0.39 is 78.9 Å². The molecule has 14 nitrogen and oxygen atoms in total. The highest BCUT2D eigenvalue weighted by molar-refractivity contribution is 5.94. The molecule has 0 aliphatic carbocycles. The summed E-state index contributed by atoms with van der Waals surface area (Å²) in [4.78, 5) is 61.5. The first-order valence-electron chi connectivity index (χ1n) is 12.0. The van der Waals surface area contributed by atoms with E-state index in [4.69, 9.17) is 15.9 Å². The first kappa shape index (κ1) is 32.3. The van der Waals surface area contributed by atoms with Gasteiger partial charge in [-0.25, -0.2) is 4.79 Å². The van der Waals surface area contributed by atoms with E-state index in [-0.39, 0.29) is 12.2 Å². The van der Waals surface area contributed by atoms with Crippen LogP contribution in [0.4, 0.5) is 0 Å². The molecule has 0 unspecified atom stereocenters. The first-order chi connectivity index (χ1) is 17.8. The number of carboxylic acid groups (broad SMARTS) is 1. The van der Waals surface area contributed by atoms with E-state index in [0.717, 1.165) is 0 Å². The number of hydrogen-bond acceptors (Lipinski definition) is 9. The van der Waals surface area contributed by atoms with Gasteiger partial charge in [-0.05, 0) is 30.5 Å². The molecule has 0 spiro atoms. The van der Waals surface area contributed by atoms with Crippen LogP contribution in [0.25, 0.3) is 0 Å². The molecule has 0 heterocycles. The first-order valence-corrected chi connectivity index (χ1v) is 12.0. The van der Waals surface area contributed by atoms with Crippen molar-refractivity contribution in [2.75, 3.05) is 13.2 Å². The Morgan fingerprint density at radius 1 is 0.921 bits per heavy atom. The number of aliphatic carboxylic acids is 1. The molecular formula is C24H37N5O9. The molecule has 6 atom stereocenters. The highest BCUT2D eigenvalue weighted by Gasteiger charge is 2.30. The number of benzene rings is 1. The molecule has 0 saturated heterocycles. The number of aliphatic hydroxyl groups is 2. The Kier molecular flexibility index (Phi) is 13.2. The quantitative estimate of drug-likeness (QED) is 0.112. The van der Waals surface area contributed by atoms with Crippen LogP contribution in [-0.2, 0) is 30.4 Å². The Bertz CT molecular complexity index is 971. The zero-order chi connectivity index (χ0) is 29.0. The van der Waals surface area contributed by atoms with E-state index in [1.54, 1.807) is 13.8 Å². The summed E-state index contributed by atoms with van der Waals surface area (Å²) in [6, 6.07) is 0.665. The molecule has 0 radical (unpaired) electrons. The summed E-state index contributed by atoms with van der Waals surface area (Å²) < 4.78 is 0. The lowest BCUT2D eigenvalue weighted by Gasteiger charge is -2.25. The summed E-state index contributed by atoms with van der Waals surface area (Å²) in [6.45, 7) is 3.31. The second kappa shape index (κ2) is 15.5. The van der Waals surface area contributed by atoms with Crippen LogP contribution in [0, 0.1) is 5.92 Å². The van der Waals surface area contributed by atoms with Crippen LogP contribution in [0.1, 0.15) is 32.8 Å². The van der Waals surface area contributed by atoms with Crippen molar-refractivity contribution in [1.82, 2.24) is 21.3 Å². The number of rotatable bonds is 15. The fraction of sp³-hybridized carbons (Fsp3) is 0.542. The topological polar surface area (TPSA) is 240 Å². The average molecular weight is 540 g/mol. The second-order valence-corrected chi connectivity index (χ2v) is 8.93. The lowest BCUT2D eigenvalue weighted by Crippen LogP contribution is -2.57. The number of aromatic hydroxyl groups is 1. The van der Waals surface area contributed by atoms with Gasteiger partial charge in [-0.3, -0.25) is 19.2 Å². The highest BCUT2D eigenvalue weighted by Crippen LogP contribution is 2.12. The number of carbonyl (C=O) groups is 5. The number of phenols is 1. The predicted molar refractivity (Wildman–Crippen MR) is 134 cm³/mol. The minimum absolute atomic E-state index is 0.000137. The van der Waals surface area contributed by atoms with Gasteiger partial charge in [0, 0.05) is 6.42 Å². The van der Waals surface area contributed by atoms with Crippen molar-refractivity contribution in [2.45, 2.75) is 63.9 Å². The molecule has 0 saturated carbocycles. The van der Waals surface area contributed by atoms with Crippen LogP contribution in [0.5, 0.6) is 5.75 Å². The molecule has 212 valence electrons. The number of carboxylic acids is 1. The van der Waals surface area contributed by atoms with Gasteiger partial charge in [0.1, 0.15) is 29.9 Å². The fourth-order valence-corrected chi connectivity index (χ4v) is 3.23. The van der Waals surface area contributed by atoms with Crippen LogP contribution < -0.4 is 27.0 Å². The second-order valence-electron chi connectivity index (χ2n) is 8.93. The van der Waals surface area contributed by atoms with E-state index in [1.165, 1.54) is 31.2 Å². The smallest absolute Gasteiger partial charge is 0.328 e. The van der Waals surface area contributed by atoms with E-state index >= 15 is 0 Å². The normalized spacial score (nSPS) is 15.6. The Morgan fingerprint density at radius 3 is 2.00 bits per heavy atom. The summed E-state index contributed by atoms with van der Waals surface area (Å²) >= 11 is 0. The monoisotopic (exact) mass is 539 g/mol. The Labute approximate surface area is 220 Å². The zero-order valence-electron chi connectivity index (χ0n) is 21.5. The molecule has 10 N–H and O–H groups in total. The summed E-state index contributed by atoms with van der Waals surface area (Å²) in [5, 5.41) is 46.7. The lowest BCUT2D eigenvalue weighted by molar-refractivity contribution is -0.143. The molecule has 38 heavy (non-hydrogen) atoms. The lowest BCUT2D eigenvalue weighted by atomic mass is 9.98. The van der Waals surface area contributed by atoms with Crippen LogP contribution in [-0.4, -0.2) is 93.4 Å². The van der Waals surface area contributed by atoms with E-state index in [9.17, 15) is 34.2 Å². The maximum absolute atomic E-state index is 12.9. The summed E-state index contributed by atoms with van der Waals surface area (Å²) in [7, 11) is 0. The molecule has 0 aliphatic rings. The molecule has 4 amide bonds. The van der Waals surface area contributed by atoms with Crippen molar-refractivity contribution >= 4 is 29.6 Å². The number of carbonyl (C=O) groups excluding carboxylic acids is 4. The molecular weight excluding hydrogens is 502 g/mol. The van der Waals surface area contributed by atoms with Crippen molar-refractivity contribution in [3.05, 3.63) is 29.8 Å². The van der Waals surface area contributed by atoms with Crippen molar-refractivity contribution < 1.29 is 44.4 Å².